The molecular weight excluding hydrogens is 379 g/mol. The maximum atomic E-state index is 13.8. The molecule has 0 aliphatic heterocycles. The van der Waals surface area contributed by atoms with Crippen molar-refractivity contribution < 1.29 is 9.50 Å². The van der Waals surface area contributed by atoms with Gasteiger partial charge in [-0.05, 0) is 53.8 Å². The van der Waals surface area contributed by atoms with E-state index in [4.69, 9.17) is 0 Å². The van der Waals surface area contributed by atoms with Gasteiger partial charge in [0.15, 0.2) is 0 Å². The van der Waals surface area contributed by atoms with E-state index in [2.05, 4.69) is 16.5 Å². The fourth-order valence-corrected chi connectivity index (χ4v) is 5.08. The molecule has 0 bridgehead atoms. The van der Waals surface area contributed by atoms with Crippen LogP contribution in [0, 0.1) is 6.92 Å². The topological polar surface area (TPSA) is 38.1 Å². The molecule has 0 saturated heterocycles. The first-order valence-electron chi connectivity index (χ1n) is 8.59. The summed E-state index contributed by atoms with van der Waals surface area (Å²) >= 11 is 3.10. The van der Waals surface area contributed by atoms with Crippen molar-refractivity contribution in [1.82, 2.24) is 9.78 Å². The van der Waals surface area contributed by atoms with Gasteiger partial charge in [-0.2, -0.15) is 5.10 Å². The Kier molecular flexibility index (Phi) is 5.04. The monoisotopic (exact) mass is 398 g/mol. The summed E-state index contributed by atoms with van der Waals surface area (Å²) in [5.74, 6) is 0.266. The minimum atomic E-state index is -1.52. The van der Waals surface area contributed by atoms with Crippen LogP contribution in [0.15, 0.2) is 70.4 Å². The molecule has 0 fully saturated rings. The fraction of sp³-hybridized carbons (Fsp3) is 0.190. The van der Waals surface area contributed by atoms with Gasteiger partial charge in [0.1, 0.15) is 12.3 Å². The molecule has 0 amide bonds. The molecule has 138 valence electrons. The van der Waals surface area contributed by atoms with Gasteiger partial charge in [0.25, 0.3) is 0 Å². The minimum Gasteiger partial charge on any atom is -0.382 e. The Morgan fingerprint density at radius 3 is 2.70 bits per heavy atom. The van der Waals surface area contributed by atoms with Gasteiger partial charge in [-0.1, -0.05) is 24.3 Å². The number of aliphatic hydroxyl groups is 1. The molecule has 1 atom stereocenters. The number of para-hydroxylation sites is 1. The molecule has 3 nitrogen and oxygen atoms in total. The second-order valence-corrected chi connectivity index (χ2v) is 8.75. The van der Waals surface area contributed by atoms with Gasteiger partial charge in [0.05, 0.1) is 21.6 Å². The van der Waals surface area contributed by atoms with Gasteiger partial charge >= 0.3 is 0 Å². The largest absolute Gasteiger partial charge is 0.382 e. The van der Waals surface area contributed by atoms with Crippen LogP contribution < -0.4 is 0 Å². The molecule has 0 radical (unpaired) electrons. The van der Waals surface area contributed by atoms with Crippen LogP contribution in [0.4, 0.5) is 4.39 Å². The normalized spacial score (nSPS) is 13.7. The van der Waals surface area contributed by atoms with Crippen LogP contribution in [0.3, 0.4) is 0 Å². The van der Waals surface area contributed by atoms with E-state index in [0.717, 1.165) is 20.8 Å². The highest BCUT2D eigenvalue weighted by atomic mass is 32.2. The first kappa shape index (κ1) is 18.2. The van der Waals surface area contributed by atoms with Crippen LogP contribution in [-0.2, 0) is 5.60 Å². The molecule has 6 heteroatoms. The number of aromatic nitrogens is 2. The number of thiophene rings is 1. The van der Waals surface area contributed by atoms with E-state index in [-0.39, 0.29) is 5.75 Å². The molecule has 1 N–H and O–H groups in total. The van der Waals surface area contributed by atoms with E-state index in [1.165, 1.54) is 17.3 Å². The van der Waals surface area contributed by atoms with Crippen LogP contribution in [0.25, 0.3) is 16.6 Å². The molecule has 4 aromatic rings. The summed E-state index contributed by atoms with van der Waals surface area (Å²) in [5, 5.41) is 18.3. The summed E-state index contributed by atoms with van der Waals surface area (Å²) < 4.78 is 16.7. The highest BCUT2D eigenvalue weighted by molar-refractivity contribution is 8.01. The number of alkyl halides is 1. The molecule has 2 heterocycles. The Balaban J connectivity index is 1.63. The maximum absolute atomic E-state index is 13.8. The number of halogens is 1. The quantitative estimate of drug-likeness (QED) is 0.445. The zero-order valence-corrected chi connectivity index (χ0v) is 16.4. The van der Waals surface area contributed by atoms with E-state index in [1.54, 1.807) is 23.6 Å². The number of fused-ring (bicyclic) bond motifs is 1. The van der Waals surface area contributed by atoms with Crippen LogP contribution in [0.1, 0.15) is 11.1 Å². The number of rotatable bonds is 6. The van der Waals surface area contributed by atoms with Crippen molar-refractivity contribution >= 4 is 34.0 Å². The second-order valence-electron chi connectivity index (χ2n) is 6.56. The lowest BCUT2D eigenvalue weighted by Gasteiger charge is -2.25. The third-order valence-corrected chi connectivity index (χ3v) is 6.99. The van der Waals surface area contributed by atoms with E-state index in [9.17, 15) is 9.50 Å². The lowest BCUT2D eigenvalue weighted by Crippen LogP contribution is -2.31. The third-order valence-electron chi connectivity index (χ3n) is 4.49. The van der Waals surface area contributed by atoms with E-state index >= 15 is 0 Å². The zero-order chi connectivity index (χ0) is 18.9. The summed E-state index contributed by atoms with van der Waals surface area (Å²) in [7, 11) is 0. The van der Waals surface area contributed by atoms with Crippen LogP contribution in [0.5, 0.6) is 0 Å². The Bertz CT molecular complexity index is 1060. The standard InChI is InChI=1S/C21H19FN2OS2/c1-15-9-20(26-12-15)27-14-21(25,13-22)17-7-8-19-16(10-17)11-23-24(19)18-5-3-2-4-6-18/h2-12,25H,13-14H2,1H3. The van der Waals surface area contributed by atoms with Crippen molar-refractivity contribution in [2.24, 2.45) is 0 Å². The first-order valence-corrected chi connectivity index (χ1v) is 10.5. The molecule has 2 aromatic heterocycles. The zero-order valence-electron chi connectivity index (χ0n) is 14.8. The molecule has 0 spiro atoms. The number of hydrogen-bond donors (Lipinski definition) is 1. The Hall–Kier alpha value is -2.15. The highest BCUT2D eigenvalue weighted by Crippen LogP contribution is 2.34. The minimum absolute atomic E-state index is 0.266. The van der Waals surface area contributed by atoms with E-state index < -0.39 is 12.3 Å². The Labute approximate surface area is 165 Å². The van der Waals surface area contributed by atoms with Gasteiger partial charge in [-0.25, -0.2) is 9.07 Å². The summed E-state index contributed by atoms with van der Waals surface area (Å²) in [6, 6.07) is 17.4. The Morgan fingerprint density at radius 2 is 2.00 bits per heavy atom. The second kappa shape index (κ2) is 7.46. The number of thioether (sulfide) groups is 1. The van der Waals surface area contributed by atoms with Gasteiger partial charge in [-0.15, -0.1) is 23.1 Å². The lowest BCUT2D eigenvalue weighted by molar-refractivity contribution is 0.0350. The Morgan fingerprint density at radius 1 is 1.19 bits per heavy atom. The predicted octanol–water partition coefficient (Wildman–Crippen LogP) is 5.34. The smallest absolute Gasteiger partial charge is 0.127 e. The number of benzene rings is 2. The molecule has 4 rings (SSSR count). The van der Waals surface area contributed by atoms with Crippen molar-refractivity contribution in [1.29, 1.82) is 0 Å². The van der Waals surface area contributed by atoms with Gasteiger partial charge < -0.3 is 5.11 Å². The maximum Gasteiger partial charge on any atom is 0.127 e. The number of hydrogen-bond acceptors (Lipinski definition) is 4. The molecule has 1 unspecified atom stereocenters. The van der Waals surface area contributed by atoms with Crippen LogP contribution >= 0.6 is 23.1 Å². The molecular formula is C21H19FN2OS2. The van der Waals surface area contributed by atoms with Crippen molar-refractivity contribution in [2.75, 3.05) is 12.4 Å². The molecule has 27 heavy (non-hydrogen) atoms. The van der Waals surface area contributed by atoms with Crippen LogP contribution in [0.2, 0.25) is 0 Å². The summed E-state index contributed by atoms with van der Waals surface area (Å²) in [6.45, 7) is 1.20. The van der Waals surface area contributed by atoms with Crippen molar-refractivity contribution in [3.63, 3.8) is 0 Å². The molecule has 2 aromatic carbocycles. The van der Waals surface area contributed by atoms with Crippen molar-refractivity contribution in [3.05, 3.63) is 77.3 Å². The van der Waals surface area contributed by atoms with Gasteiger partial charge in [0.2, 0.25) is 0 Å². The summed E-state index contributed by atoms with van der Waals surface area (Å²) in [4.78, 5) is 0. The van der Waals surface area contributed by atoms with Gasteiger partial charge in [0, 0.05) is 11.1 Å². The predicted molar refractivity (Wildman–Crippen MR) is 111 cm³/mol. The fourth-order valence-electron chi connectivity index (χ4n) is 2.97. The van der Waals surface area contributed by atoms with Gasteiger partial charge in [-0.3, -0.25) is 0 Å². The first-order chi connectivity index (χ1) is 13.1. The van der Waals surface area contributed by atoms with E-state index in [0.29, 0.717) is 5.56 Å². The van der Waals surface area contributed by atoms with Crippen molar-refractivity contribution in [2.45, 2.75) is 16.7 Å². The third kappa shape index (κ3) is 3.65. The van der Waals surface area contributed by atoms with E-state index in [1.807, 2.05) is 54.1 Å². The average molecular weight is 399 g/mol. The molecule has 0 aliphatic rings. The van der Waals surface area contributed by atoms with Crippen molar-refractivity contribution in [3.8, 4) is 5.69 Å². The summed E-state index contributed by atoms with van der Waals surface area (Å²) in [6.07, 6.45) is 1.75. The molecule has 0 aliphatic carbocycles. The lowest BCUT2D eigenvalue weighted by atomic mass is 9.96. The molecule has 0 saturated carbocycles. The highest BCUT2D eigenvalue weighted by Gasteiger charge is 2.30. The number of nitrogens with zero attached hydrogens (tertiary/aromatic N) is 2. The van der Waals surface area contributed by atoms with Crippen LogP contribution in [-0.4, -0.2) is 27.3 Å². The summed E-state index contributed by atoms with van der Waals surface area (Å²) in [5.41, 5.74) is 2.12. The average Bonchev–Trinajstić information content (AvgIpc) is 3.32. The number of aryl methyl sites for hydroxylation is 1. The SMILES string of the molecule is Cc1csc(SCC(O)(CF)c2ccc3c(cnn3-c3ccccc3)c2)c1.